The van der Waals surface area contributed by atoms with Gasteiger partial charge in [0.15, 0.2) is 5.13 Å². The number of aryl methyl sites for hydroxylation is 1. The van der Waals surface area contributed by atoms with Crippen molar-refractivity contribution >= 4 is 34.4 Å². The van der Waals surface area contributed by atoms with E-state index in [-0.39, 0.29) is 6.61 Å². The molecule has 3 aromatic rings. The number of nitrogens with zero attached hydrogens (tertiary/aromatic N) is 1. The molecule has 26 heavy (non-hydrogen) atoms. The molecule has 2 aromatic carbocycles. The van der Waals surface area contributed by atoms with Gasteiger partial charge in [0.05, 0.1) is 23.9 Å². The van der Waals surface area contributed by atoms with Gasteiger partial charge in [-0.15, -0.1) is 5.20 Å². The molecule has 138 valence electrons. The SMILES string of the molecule is CCOP(=O)(NNc1nc2c(C)cccc2s1)Oc1cccc(OC)c1. The minimum atomic E-state index is -3.64. The Labute approximate surface area is 155 Å². The van der Waals surface area contributed by atoms with Crippen LogP contribution < -0.4 is 19.9 Å². The Bertz CT molecular complexity index is 947. The summed E-state index contributed by atoms with van der Waals surface area (Å²) in [5.74, 6) is 0.968. The largest absolute Gasteiger partial charge is 0.497 e. The number of hydrazine groups is 1. The fourth-order valence-electron chi connectivity index (χ4n) is 2.30. The minimum Gasteiger partial charge on any atom is -0.497 e. The lowest BCUT2D eigenvalue weighted by molar-refractivity contribution is 0.271. The van der Waals surface area contributed by atoms with Crippen molar-refractivity contribution in [3.63, 3.8) is 0 Å². The summed E-state index contributed by atoms with van der Waals surface area (Å²) in [6.45, 7) is 3.95. The Balaban J connectivity index is 1.76. The zero-order valence-electron chi connectivity index (χ0n) is 14.7. The number of hydrogen-bond donors (Lipinski definition) is 2. The molecular weight excluding hydrogens is 373 g/mol. The van der Waals surface area contributed by atoms with Gasteiger partial charge < -0.3 is 9.26 Å². The summed E-state index contributed by atoms with van der Waals surface area (Å²) in [4.78, 5) is 4.50. The van der Waals surface area contributed by atoms with E-state index >= 15 is 0 Å². The topological polar surface area (TPSA) is 81.7 Å². The number of nitrogens with one attached hydrogen (secondary N) is 2. The highest BCUT2D eigenvalue weighted by molar-refractivity contribution is 7.52. The monoisotopic (exact) mass is 393 g/mol. The Morgan fingerprint density at radius 3 is 2.69 bits per heavy atom. The molecule has 0 aliphatic heterocycles. The molecular formula is C17H20N3O4PS. The van der Waals surface area contributed by atoms with Crippen molar-refractivity contribution in [2.24, 2.45) is 0 Å². The molecule has 1 aromatic heterocycles. The van der Waals surface area contributed by atoms with E-state index in [2.05, 4.69) is 15.6 Å². The van der Waals surface area contributed by atoms with Crippen LogP contribution in [-0.4, -0.2) is 18.7 Å². The number of aromatic nitrogens is 1. The van der Waals surface area contributed by atoms with Crippen LogP contribution in [0, 0.1) is 6.92 Å². The lowest BCUT2D eigenvalue weighted by atomic mass is 10.2. The van der Waals surface area contributed by atoms with Gasteiger partial charge in [0.1, 0.15) is 11.5 Å². The van der Waals surface area contributed by atoms with E-state index in [1.165, 1.54) is 11.3 Å². The van der Waals surface area contributed by atoms with Crippen LogP contribution in [0.1, 0.15) is 12.5 Å². The number of para-hydroxylation sites is 1. The normalized spacial score (nSPS) is 13.3. The van der Waals surface area contributed by atoms with Crippen molar-refractivity contribution in [1.82, 2.24) is 10.2 Å². The lowest BCUT2D eigenvalue weighted by Gasteiger charge is -2.19. The number of methoxy groups -OCH3 is 1. The van der Waals surface area contributed by atoms with Crippen LogP contribution in [0.3, 0.4) is 0 Å². The summed E-state index contributed by atoms with van der Waals surface area (Å²) in [5.41, 5.74) is 4.83. The second kappa shape index (κ2) is 8.05. The first-order chi connectivity index (χ1) is 12.5. The van der Waals surface area contributed by atoms with Crippen molar-refractivity contribution in [2.45, 2.75) is 13.8 Å². The summed E-state index contributed by atoms with van der Waals surface area (Å²) in [5, 5.41) is 3.22. The van der Waals surface area contributed by atoms with Crippen LogP contribution in [-0.2, 0) is 9.09 Å². The zero-order valence-corrected chi connectivity index (χ0v) is 16.4. The van der Waals surface area contributed by atoms with Gasteiger partial charge in [0.25, 0.3) is 0 Å². The van der Waals surface area contributed by atoms with E-state index in [9.17, 15) is 4.57 Å². The third kappa shape index (κ3) is 4.34. The first-order valence-electron chi connectivity index (χ1n) is 8.00. The number of thiazole rings is 1. The van der Waals surface area contributed by atoms with Gasteiger partial charge in [-0.05, 0) is 37.6 Å². The maximum absolute atomic E-state index is 13.0. The Hall–Kier alpha value is -2.12. The van der Waals surface area contributed by atoms with E-state index in [0.717, 1.165) is 15.8 Å². The molecule has 1 unspecified atom stereocenters. The molecule has 1 heterocycles. The van der Waals surface area contributed by atoms with Gasteiger partial charge >= 0.3 is 7.75 Å². The van der Waals surface area contributed by atoms with Crippen LogP contribution in [0.15, 0.2) is 42.5 Å². The van der Waals surface area contributed by atoms with Crippen LogP contribution in [0.4, 0.5) is 5.13 Å². The number of hydrogen-bond acceptors (Lipinski definition) is 7. The summed E-state index contributed by atoms with van der Waals surface area (Å²) < 4.78 is 30.0. The van der Waals surface area contributed by atoms with Gasteiger partial charge in [-0.25, -0.2) is 9.55 Å². The fraction of sp³-hybridized carbons (Fsp3) is 0.235. The third-order valence-electron chi connectivity index (χ3n) is 3.49. The lowest BCUT2D eigenvalue weighted by Crippen LogP contribution is -2.22. The highest BCUT2D eigenvalue weighted by Gasteiger charge is 2.26. The number of ether oxygens (including phenoxy) is 1. The molecule has 9 heteroatoms. The fourth-order valence-corrected chi connectivity index (χ4v) is 4.41. The molecule has 2 N–H and O–H groups in total. The molecule has 0 spiro atoms. The average molecular weight is 393 g/mol. The predicted molar refractivity (Wildman–Crippen MR) is 104 cm³/mol. The van der Waals surface area contributed by atoms with Crippen molar-refractivity contribution < 1.29 is 18.3 Å². The second-order valence-electron chi connectivity index (χ2n) is 5.36. The van der Waals surface area contributed by atoms with E-state index < -0.39 is 7.75 Å². The number of anilines is 1. The smallest absolute Gasteiger partial charge is 0.476 e. The van der Waals surface area contributed by atoms with Gasteiger partial charge in [0, 0.05) is 6.07 Å². The average Bonchev–Trinajstić information content (AvgIpc) is 3.05. The van der Waals surface area contributed by atoms with E-state index in [4.69, 9.17) is 13.8 Å². The Kier molecular flexibility index (Phi) is 5.78. The molecule has 0 saturated heterocycles. The molecule has 0 amide bonds. The van der Waals surface area contributed by atoms with Gasteiger partial charge in [0.2, 0.25) is 0 Å². The number of fused-ring (bicyclic) bond motifs is 1. The molecule has 0 fully saturated rings. The van der Waals surface area contributed by atoms with Gasteiger partial charge in [-0.2, -0.15) is 0 Å². The standard InChI is InChI=1S/C17H20N3O4PS/c1-4-23-25(21,24-14-9-6-8-13(11-14)22-3)20-19-17-18-16-12(2)7-5-10-15(16)26-17/h5-11H,4H2,1-3H3,(H,18,19)(H,20,21). The van der Waals surface area contributed by atoms with Crippen LogP contribution in [0.2, 0.25) is 0 Å². The van der Waals surface area contributed by atoms with Crippen LogP contribution in [0.5, 0.6) is 11.5 Å². The maximum atomic E-state index is 13.0. The highest BCUT2D eigenvalue weighted by Crippen LogP contribution is 2.44. The highest BCUT2D eigenvalue weighted by atomic mass is 32.1. The first-order valence-corrected chi connectivity index (χ1v) is 10.4. The van der Waals surface area contributed by atoms with Crippen molar-refractivity contribution in [2.75, 3.05) is 19.1 Å². The van der Waals surface area contributed by atoms with E-state index in [0.29, 0.717) is 16.6 Å². The summed E-state index contributed by atoms with van der Waals surface area (Å²) in [6, 6.07) is 12.8. The van der Waals surface area contributed by atoms with Gasteiger partial charge in [-0.1, -0.05) is 29.5 Å². The molecule has 1 atom stereocenters. The maximum Gasteiger partial charge on any atom is 0.476 e. The summed E-state index contributed by atoms with van der Waals surface area (Å²) in [6.07, 6.45) is 0. The second-order valence-corrected chi connectivity index (χ2v) is 8.05. The zero-order chi connectivity index (χ0) is 18.6. The number of benzene rings is 2. The van der Waals surface area contributed by atoms with Crippen molar-refractivity contribution in [3.8, 4) is 11.5 Å². The van der Waals surface area contributed by atoms with E-state index in [1.54, 1.807) is 38.3 Å². The molecule has 7 nitrogen and oxygen atoms in total. The molecule has 0 radical (unpaired) electrons. The molecule has 0 aliphatic carbocycles. The molecule has 0 bridgehead atoms. The van der Waals surface area contributed by atoms with Crippen LogP contribution in [0.25, 0.3) is 10.2 Å². The predicted octanol–water partition coefficient (Wildman–Crippen LogP) is 4.75. The minimum absolute atomic E-state index is 0.217. The van der Waals surface area contributed by atoms with Crippen molar-refractivity contribution in [3.05, 3.63) is 48.0 Å². The Morgan fingerprint density at radius 2 is 1.96 bits per heavy atom. The molecule has 0 saturated carbocycles. The third-order valence-corrected chi connectivity index (χ3v) is 5.86. The van der Waals surface area contributed by atoms with E-state index in [1.807, 2.05) is 25.1 Å². The van der Waals surface area contributed by atoms with Crippen LogP contribution >= 0.6 is 19.1 Å². The first kappa shape index (κ1) is 18.7. The molecule has 3 rings (SSSR count). The number of rotatable bonds is 8. The van der Waals surface area contributed by atoms with Crippen molar-refractivity contribution in [1.29, 1.82) is 0 Å². The Morgan fingerprint density at radius 1 is 1.19 bits per heavy atom. The quantitative estimate of drug-likeness (QED) is 0.422. The summed E-state index contributed by atoms with van der Waals surface area (Å²) in [7, 11) is -2.09. The summed E-state index contributed by atoms with van der Waals surface area (Å²) >= 11 is 1.45. The van der Waals surface area contributed by atoms with Gasteiger partial charge in [-0.3, -0.25) is 9.95 Å². The molecule has 0 aliphatic rings.